The highest BCUT2D eigenvalue weighted by atomic mass is 32.2. The average Bonchev–Trinajstić information content (AvgIpc) is 2.24. The number of nitrogens with zero attached hydrogens (tertiary/aromatic N) is 1. The molecule has 0 aliphatic heterocycles. The van der Waals surface area contributed by atoms with Gasteiger partial charge in [0, 0.05) is 11.6 Å². The molecule has 116 valence electrons. The molecule has 0 aromatic heterocycles. The number of ether oxygens (including phenoxy) is 1. The Morgan fingerprint density at radius 2 is 1.86 bits per heavy atom. The van der Waals surface area contributed by atoms with Crippen LogP contribution in [0.4, 0.5) is 5.69 Å². The van der Waals surface area contributed by atoms with E-state index in [0.717, 1.165) is 12.1 Å². The van der Waals surface area contributed by atoms with Crippen LogP contribution in [0.2, 0.25) is 0 Å². The van der Waals surface area contributed by atoms with E-state index >= 15 is 0 Å². The topological polar surface area (TPSA) is 130 Å². The van der Waals surface area contributed by atoms with Crippen LogP contribution in [0.1, 0.15) is 36.7 Å². The number of esters is 1. The lowest BCUT2D eigenvalue weighted by molar-refractivity contribution is -0.385. The molecule has 0 amide bonds. The second-order valence-electron chi connectivity index (χ2n) is 5.42. The summed E-state index contributed by atoms with van der Waals surface area (Å²) in [4.78, 5) is 21.7. The van der Waals surface area contributed by atoms with Gasteiger partial charge in [-0.05, 0) is 33.8 Å². The number of primary sulfonamides is 1. The van der Waals surface area contributed by atoms with Gasteiger partial charge in [0.2, 0.25) is 10.0 Å². The van der Waals surface area contributed by atoms with E-state index in [0.29, 0.717) is 0 Å². The Bertz CT molecular complexity index is 703. The maximum atomic E-state index is 12.1. The summed E-state index contributed by atoms with van der Waals surface area (Å²) in [6.45, 7) is 6.21. The van der Waals surface area contributed by atoms with Crippen molar-refractivity contribution in [1.82, 2.24) is 0 Å². The van der Waals surface area contributed by atoms with Gasteiger partial charge in [0.05, 0.1) is 15.4 Å². The molecule has 9 heteroatoms. The molecule has 0 heterocycles. The molecule has 0 spiro atoms. The first kappa shape index (κ1) is 17.1. The number of benzene rings is 1. The normalized spacial score (nSPS) is 12.0. The van der Waals surface area contributed by atoms with Crippen LogP contribution in [-0.2, 0) is 14.8 Å². The predicted molar refractivity (Wildman–Crippen MR) is 74.4 cm³/mol. The average molecular weight is 316 g/mol. The molecule has 2 N–H and O–H groups in total. The van der Waals surface area contributed by atoms with Crippen molar-refractivity contribution in [2.24, 2.45) is 5.14 Å². The zero-order valence-electron chi connectivity index (χ0n) is 12.0. The van der Waals surface area contributed by atoms with Crippen LogP contribution in [0.5, 0.6) is 0 Å². The molecule has 0 unspecified atom stereocenters. The smallest absolute Gasteiger partial charge is 0.339 e. The van der Waals surface area contributed by atoms with E-state index in [2.05, 4.69) is 0 Å². The number of carbonyl (C=O) groups excluding carboxylic acids is 1. The van der Waals surface area contributed by atoms with Crippen LogP contribution in [0.3, 0.4) is 0 Å². The summed E-state index contributed by atoms with van der Waals surface area (Å²) >= 11 is 0. The van der Waals surface area contributed by atoms with Crippen molar-refractivity contribution in [2.45, 2.75) is 38.2 Å². The van der Waals surface area contributed by atoms with Crippen LogP contribution in [-0.4, -0.2) is 24.9 Å². The van der Waals surface area contributed by atoms with Crippen molar-refractivity contribution in [3.8, 4) is 0 Å². The number of hydrogen-bond acceptors (Lipinski definition) is 6. The molecule has 1 rings (SSSR count). The number of carbonyl (C=O) groups is 1. The third-order valence-corrected chi connectivity index (χ3v) is 3.39. The van der Waals surface area contributed by atoms with Gasteiger partial charge < -0.3 is 4.74 Å². The highest BCUT2D eigenvalue weighted by Crippen LogP contribution is 2.27. The first-order valence-corrected chi connectivity index (χ1v) is 7.43. The van der Waals surface area contributed by atoms with E-state index in [1.54, 1.807) is 20.8 Å². The lowest BCUT2D eigenvalue weighted by Gasteiger charge is -2.20. The van der Waals surface area contributed by atoms with Crippen molar-refractivity contribution in [3.05, 3.63) is 33.4 Å². The highest BCUT2D eigenvalue weighted by Gasteiger charge is 2.27. The number of hydrogen-bond donors (Lipinski definition) is 1. The quantitative estimate of drug-likeness (QED) is 0.511. The highest BCUT2D eigenvalue weighted by molar-refractivity contribution is 7.89. The molecule has 1 aromatic carbocycles. The Morgan fingerprint density at radius 3 is 2.24 bits per heavy atom. The second kappa shape index (κ2) is 5.41. The Balaban J connectivity index is 3.54. The molecule has 0 saturated carbocycles. The minimum atomic E-state index is -4.19. The Kier molecular flexibility index (Phi) is 4.40. The summed E-state index contributed by atoms with van der Waals surface area (Å²) in [7, 11) is -4.19. The van der Waals surface area contributed by atoms with Gasteiger partial charge in [0.15, 0.2) is 0 Å². The Morgan fingerprint density at radius 1 is 1.33 bits per heavy atom. The van der Waals surface area contributed by atoms with Crippen LogP contribution in [0.15, 0.2) is 17.0 Å². The van der Waals surface area contributed by atoms with Gasteiger partial charge in [-0.25, -0.2) is 18.4 Å². The number of nitrogens with two attached hydrogens (primary N) is 1. The molecule has 0 aliphatic carbocycles. The molecule has 0 saturated heterocycles. The van der Waals surface area contributed by atoms with E-state index < -0.39 is 37.1 Å². The van der Waals surface area contributed by atoms with Crippen LogP contribution < -0.4 is 5.14 Å². The van der Waals surface area contributed by atoms with Crippen molar-refractivity contribution in [3.63, 3.8) is 0 Å². The number of nitro groups is 1. The summed E-state index contributed by atoms with van der Waals surface area (Å²) in [5, 5.41) is 15.9. The summed E-state index contributed by atoms with van der Waals surface area (Å²) in [5.41, 5.74) is -1.53. The van der Waals surface area contributed by atoms with Gasteiger partial charge in [0.25, 0.3) is 5.69 Å². The number of sulfonamides is 1. The number of rotatable bonds is 3. The van der Waals surface area contributed by atoms with E-state index in [-0.39, 0.29) is 11.1 Å². The zero-order valence-corrected chi connectivity index (χ0v) is 12.9. The Labute approximate surface area is 122 Å². The van der Waals surface area contributed by atoms with Crippen molar-refractivity contribution in [2.75, 3.05) is 0 Å². The van der Waals surface area contributed by atoms with Gasteiger partial charge in [-0.15, -0.1) is 0 Å². The van der Waals surface area contributed by atoms with Crippen molar-refractivity contribution >= 4 is 21.7 Å². The largest absolute Gasteiger partial charge is 0.456 e. The maximum absolute atomic E-state index is 12.1. The number of nitro benzene ring substituents is 1. The van der Waals surface area contributed by atoms with Crippen molar-refractivity contribution in [1.29, 1.82) is 0 Å². The van der Waals surface area contributed by atoms with Crippen LogP contribution in [0.25, 0.3) is 0 Å². The fraction of sp³-hybridized carbons (Fsp3) is 0.417. The third kappa shape index (κ3) is 4.23. The van der Waals surface area contributed by atoms with Gasteiger partial charge in [-0.3, -0.25) is 10.1 Å². The molecule has 0 aliphatic rings. The SMILES string of the molecule is Cc1c(C(=O)OC(C)(C)C)cc(S(N)(=O)=O)cc1[N+](=O)[O-]. The maximum Gasteiger partial charge on any atom is 0.339 e. The second-order valence-corrected chi connectivity index (χ2v) is 6.98. The molecule has 1 aromatic rings. The molecular weight excluding hydrogens is 300 g/mol. The van der Waals surface area contributed by atoms with Gasteiger partial charge >= 0.3 is 5.97 Å². The molecule has 0 atom stereocenters. The molecule has 0 radical (unpaired) electrons. The summed E-state index contributed by atoms with van der Waals surface area (Å²) in [6, 6.07) is 1.80. The third-order valence-electron chi connectivity index (χ3n) is 2.50. The van der Waals surface area contributed by atoms with E-state index in [1.165, 1.54) is 6.92 Å². The van der Waals surface area contributed by atoms with E-state index in [9.17, 15) is 23.3 Å². The van der Waals surface area contributed by atoms with Gasteiger partial charge in [-0.1, -0.05) is 0 Å². The van der Waals surface area contributed by atoms with Crippen molar-refractivity contribution < 1.29 is 22.9 Å². The fourth-order valence-electron chi connectivity index (χ4n) is 1.57. The van der Waals surface area contributed by atoms with Crippen LogP contribution >= 0.6 is 0 Å². The van der Waals surface area contributed by atoms with Gasteiger partial charge in [0.1, 0.15) is 5.60 Å². The predicted octanol–water partition coefficient (Wildman–Crippen LogP) is 1.51. The molecule has 0 bridgehead atoms. The first-order chi connectivity index (χ1) is 9.33. The monoisotopic (exact) mass is 316 g/mol. The standard InChI is InChI=1S/C12H16N2O6S/c1-7-9(11(15)20-12(2,3)4)5-8(21(13,18)19)6-10(7)14(16)17/h5-6H,1-4H3,(H2,13,18,19). The Hall–Kier alpha value is -2.00. The van der Waals surface area contributed by atoms with E-state index in [1.807, 2.05) is 0 Å². The molecular formula is C12H16N2O6S. The summed E-state index contributed by atoms with van der Waals surface area (Å²) in [5.74, 6) is -0.853. The minimum Gasteiger partial charge on any atom is -0.456 e. The molecule has 21 heavy (non-hydrogen) atoms. The molecule has 8 nitrogen and oxygen atoms in total. The summed E-state index contributed by atoms with van der Waals surface area (Å²) < 4.78 is 27.9. The minimum absolute atomic E-state index is 0.0154. The zero-order chi connectivity index (χ0) is 16.6. The summed E-state index contributed by atoms with van der Waals surface area (Å²) in [6.07, 6.45) is 0. The lowest BCUT2D eigenvalue weighted by atomic mass is 10.1. The molecule has 0 fully saturated rings. The lowest BCUT2D eigenvalue weighted by Crippen LogP contribution is -2.25. The van der Waals surface area contributed by atoms with Crippen LogP contribution in [0, 0.1) is 17.0 Å². The first-order valence-electron chi connectivity index (χ1n) is 5.88. The van der Waals surface area contributed by atoms with Gasteiger partial charge in [-0.2, -0.15) is 0 Å². The fourth-order valence-corrected chi connectivity index (χ4v) is 2.13. The van der Waals surface area contributed by atoms with E-state index in [4.69, 9.17) is 9.88 Å².